The molecule has 0 aliphatic carbocycles. The van der Waals surface area contributed by atoms with Crippen molar-refractivity contribution < 1.29 is 25.2 Å². The van der Waals surface area contributed by atoms with Gasteiger partial charge in [0.05, 0.1) is 24.4 Å². The summed E-state index contributed by atoms with van der Waals surface area (Å²) in [4.78, 5) is 0. The van der Waals surface area contributed by atoms with Crippen molar-refractivity contribution in [3.05, 3.63) is 0 Å². The van der Waals surface area contributed by atoms with E-state index < -0.39 is 30.0 Å². The van der Waals surface area contributed by atoms with Gasteiger partial charge >= 0.3 is 0 Å². The quantitative estimate of drug-likeness (QED) is 0.485. The normalized spacial score (nSPS) is 20.2. The van der Waals surface area contributed by atoms with Gasteiger partial charge in [0.2, 0.25) is 0 Å². The lowest BCUT2D eigenvalue weighted by molar-refractivity contribution is -0.162. The molecule has 0 aromatic heterocycles. The van der Waals surface area contributed by atoms with E-state index in [1.165, 1.54) is 6.92 Å². The monoisotopic (exact) mass is 236 g/mol. The Balaban J connectivity index is 4.24. The van der Waals surface area contributed by atoms with Crippen LogP contribution in [0.5, 0.6) is 0 Å². The maximum Gasteiger partial charge on any atom is 0.106 e. The number of ether oxygens (including phenoxy) is 1. The van der Waals surface area contributed by atoms with Gasteiger partial charge in [0.1, 0.15) is 12.2 Å². The van der Waals surface area contributed by atoms with Gasteiger partial charge in [-0.1, -0.05) is 6.92 Å². The van der Waals surface area contributed by atoms with E-state index in [2.05, 4.69) is 0 Å². The van der Waals surface area contributed by atoms with Crippen molar-refractivity contribution in [3.8, 4) is 0 Å². The fraction of sp³-hybridized carbons (Fsp3) is 1.00. The van der Waals surface area contributed by atoms with E-state index in [9.17, 15) is 15.3 Å². The van der Waals surface area contributed by atoms with E-state index in [4.69, 9.17) is 9.84 Å². The number of rotatable bonds is 7. The van der Waals surface area contributed by atoms with E-state index in [1.807, 2.05) is 0 Å². The van der Waals surface area contributed by atoms with Crippen molar-refractivity contribution >= 4 is 0 Å². The first-order chi connectivity index (χ1) is 7.17. The maximum absolute atomic E-state index is 9.74. The molecular formula is C11H24O5. The minimum Gasteiger partial charge on any atom is -0.394 e. The number of hydrogen-bond acceptors (Lipinski definition) is 5. The Bertz CT molecular complexity index is 203. The first-order valence-electron chi connectivity index (χ1n) is 5.50. The van der Waals surface area contributed by atoms with Gasteiger partial charge in [-0.05, 0) is 27.2 Å². The molecule has 16 heavy (non-hydrogen) atoms. The first kappa shape index (κ1) is 15.8. The molecule has 0 aliphatic rings. The lowest BCUT2D eigenvalue weighted by Gasteiger charge is -2.34. The lowest BCUT2D eigenvalue weighted by atomic mass is 9.96. The lowest BCUT2D eigenvalue weighted by Crippen LogP contribution is -2.47. The van der Waals surface area contributed by atoms with E-state index >= 15 is 0 Å². The molecule has 0 bridgehead atoms. The molecule has 0 fully saturated rings. The second-order valence-electron chi connectivity index (χ2n) is 4.84. The molecule has 0 spiro atoms. The van der Waals surface area contributed by atoms with Gasteiger partial charge in [-0.2, -0.15) is 0 Å². The van der Waals surface area contributed by atoms with Crippen molar-refractivity contribution in [2.75, 3.05) is 13.2 Å². The van der Waals surface area contributed by atoms with Crippen LogP contribution < -0.4 is 0 Å². The van der Waals surface area contributed by atoms with E-state index in [0.29, 0.717) is 6.42 Å². The zero-order valence-corrected chi connectivity index (χ0v) is 10.5. The van der Waals surface area contributed by atoms with Crippen LogP contribution >= 0.6 is 0 Å². The summed E-state index contributed by atoms with van der Waals surface area (Å²) in [6.45, 7) is 6.01. The van der Waals surface area contributed by atoms with Gasteiger partial charge in [-0.25, -0.2) is 0 Å². The van der Waals surface area contributed by atoms with Crippen molar-refractivity contribution in [1.82, 2.24) is 0 Å². The van der Waals surface area contributed by atoms with Crippen LogP contribution in [0.15, 0.2) is 0 Å². The van der Waals surface area contributed by atoms with Crippen molar-refractivity contribution in [2.24, 2.45) is 0 Å². The van der Waals surface area contributed by atoms with Gasteiger partial charge in [-0.3, -0.25) is 0 Å². The standard InChI is InChI=1S/C11H24O5/c1-5-11(4,15)9(14)7-16-10(2,3)8(13)6-12/h8-9,12-15H,5-7H2,1-4H3. The average molecular weight is 236 g/mol. The van der Waals surface area contributed by atoms with Gasteiger partial charge in [0.15, 0.2) is 0 Å². The second kappa shape index (κ2) is 5.93. The Morgan fingerprint density at radius 3 is 2.00 bits per heavy atom. The Hall–Kier alpha value is -0.200. The Labute approximate surface area is 96.7 Å². The topological polar surface area (TPSA) is 90.2 Å². The molecular weight excluding hydrogens is 212 g/mol. The molecule has 4 N–H and O–H groups in total. The van der Waals surface area contributed by atoms with Crippen molar-refractivity contribution in [1.29, 1.82) is 0 Å². The zero-order chi connectivity index (χ0) is 13.0. The van der Waals surface area contributed by atoms with E-state index in [1.54, 1.807) is 20.8 Å². The summed E-state index contributed by atoms with van der Waals surface area (Å²) in [7, 11) is 0. The maximum atomic E-state index is 9.74. The molecule has 0 aromatic carbocycles. The van der Waals surface area contributed by atoms with Crippen molar-refractivity contribution in [2.45, 2.75) is 57.5 Å². The van der Waals surface area contributed by atoms with Crippen LogP contribution in [-0.4, -0.2) is 57.0 Å². The third-order valence-corrected chi connectivity index (χ3v) is 3.02. The zero-order valence-electron chi connectivity index (χ0n) is 10.5. The molecule has 0 saturated carbocycles. The van der Waals surface area contributed by atoms with Crippen LogP contribution in [0, 0.1) is 0 Å². The molecule has 5 heteroatoms. The molecule has 3 unspecified atom stereocenters. The fourth-order valence-corrected chi connectivity index (χ4v) is 1.02. The SMILES string of the molecule is CCC(C)(O)C(O)COC(C)(C)C(O)CO. The summed E-state index contributed by atoms with van der Waals surface area (Å²) in [5.41, 5.74) is -2.17. The predicted molar refractivity (Wildman–Crippen MR) is 60.0 cm³/mol. The van der Waals surface area contributed by atoms with Gasteiger partial charge in [-0.15, -0.1) is 0 Å². The van der Waals surface area contributed by atoms with E-state index in [-0.39, 0.29) is 6.61 Å². The van der Waals surface area contributed by atoms with Crippen LogP contribution in [0.3, 0.4) is 0 Å². The third kappa shape index (κ3) is 4.35. The first-order valence-corrected chi connectivity index (χ1v) is 5.50. The second-order valence-corrected chi connectivity index (χ2v) is 4.84. The number of aliphatic hydroxyl groups excluding tert-OH is 3. The minimum absolute atomic E-state index is 0.0924. The van der Waals surface area contributed by atoms with Gasteiger partial charge in [0, 0.05) is 0 Å². The summed E-state index contributed by atoms with van der Waals surface area (Å²) in [5, 5.41) is 37.7. The number of hydrogen-bond donors (Lipinski definition) is 4. The summed E-state index contributed by atoms with van der Waals surface area (Å²) in [5.74, 6) is 0. The highest BCUT2D eigenvalue weighted by Gasteiger charge is 2.33. The van der Waals surface area contributed by atoms with Crippen LogP contribution in [0.2, 0.25) is 0 Å². The van der Waals surface area contributed by atoms with Crippen LogP contribution in [0.1, 0.15) is 34.1 Å². The Kier molecular flexibility index (Phi) is 5.86. The van der Waals surface area contributed by atoms with Gasteiger partial charge < -0.3 is 25.2 Å². The highest BCUT2D eigenvalue weighted by atomic mass is 16.5. The molecule has 0 aromatic rings. The Morgan fingerprint density at radius 1 is 1.12 bits per heavy atom. The molecule has 0 saturated heterocycles. The fourth-order valence-electron chi connectivity index (χ4n) is 1.02. The third-order valence-electron chi connectivity index (χ3n) is 3.02. The molecule has 0 heterocycles. The highest BCUT2D eigenvalue weighted by molar-refractivity contribution is 4.83. The largest absolute Gasteiger partial charge is 0.394 e. The smallest absolute Gasteiger partial charge is 0.106 e. The van der Waals surface area contributed by atoms with Crippen molar-refractivity contribution in [3.63, 3.8) is 0 Å². The van der Waals surface area contributed by atoms with E-state index in [0.717, 1.165) is 0 Å². The summed E-state index contributed by atoms with van der Waals surface area (Å²) in [6.07, 6.45) is -1.64. The molecule has 98 valence electrons. The molecule has 0 radical (unpaired) electrons. The predicted octanol–water partition coefficient (Wildman–Crippen LogP) is -0.343. The summed E-state index contributed by atoms with van der Waals surface area (Å²) < 4.78 is 5.31. The molecule has 0 aliphatic heterocycles. The Morgan fingerprint density at radius 2 is 1.62 bits per heavy atom. The van der Waals surface area contributed by atoms with Gasteiger partial charge in [0.25, 0.3) is 0 Å². The minimum atomic E-state index is -1.21. The molecule has 3 atom stereocenters. The summed E-state index contributed by atoms with van der Waals surface area (Å²) >= 11 is 0. The number of aliphatic hydroxyl groups is 4. The van der Waals surface area contributed by atoms with Crippen LogP contribution in [0.4, 0.5) is 0 Å². The molecule has 0 rings (SSSR count). The molecule has 0 amide bonds. The highest BCUT2D eigenvalue weighted by Crippen LogP contribution is 2.19. The van der Waals surface area contributed by atoms with Crippen LogP contribution in [-0.2, 0) is 4.74 Å². The molecule has 5 nitrogen and oxygen atoms in total. The van der Waals surface area contributed by atoms with Crippen LogP contribution in [0.25, 0.3) is 0 Å². The average Bonchev–Trinajstić information content (AvgIpc) is 2.24. The summed E-state index contributed by atoms with van der Waals surface area (Å²) in [6, 6.07) is 0.